The van der Waals surface area contributed by atoms with Crippen LogP contribution in [-0.2, 0) is 0 Å². The zero-order valence-corrected chi connectivity index (χ0v) is 12.1. The largest absolute Gasteiger partial charge is 0.446 e. The van der Waals surface area contributed by atoms with E-state index >= 15 is 0 Å². The Morgan fingerprint density at radius 1 is 1.30 bits per heavy atom. The van der Waals surface area contributed by atoms with Gasteiger partial charge in [-0.2, -0.15) is 5.26 Å². The molecule has 0 amide bonds. The van der Waals surface area contributed by atoms with Gasteiger partial charge in [0.15, 0.2) is 16.3 Å². The van der Waals surface area contributed by atoms with Crippen LogP contribution in [0.3, 0.4) is 0 Å². The van der Waals surface area contributed by atoms with Crippen LogP contribution in [-0.4, -0.2) is 9.55 Å². The van der Waals surface area contributed by atoms with E-state index in [1.165, 1.54) is 12.8 Å². The van der Waals surface area contributed by atoms with Crippen LogP contribution in [0, 0.1) is 11.3 Å². The molecule has 1 aromatic carbocycles. The SMILES string of the molecule is N#Cc1ccc2c(c1)nc(-c1ccc(Br)o1)n2C1CC1. The maximum Gasteiger partial charge on any atom is 0.177 e. The number of rotatable bonds is 2. The smallest absolute Gasteiger partial charge is 0.177 e. The molecule has 1 fully saturated rings. The molecule has 20 heavy (non-hydrogen) atoms. The highest BCUT2D eigenvalue weighted by molar-refractivity contribution is 9.10. The minimum absolute atomic E-state index is 0.492. The summed E-state index contributed by atoms with van der Waals surface area (Å²) in [5, 5.41) is 9.01. The van der Waals surface area contributed by atoms with Gasteiger partial charge in [-0.3, -0.25) is 0 Å². The Labute approximate surface area is 123 Å². The standard InChI is InChI=1S/C15H10BrN3O/c16-14-6-5-13(20-14)15-18-11-7-9(8-17)1-4-12(11)19(15)10-2-3-10/h1,4-7,10H,2-3H2. The number of halogens is 1. The molecule has 98 valence electrons. The molecule has 1 aliphatic carbocycles. The van der Waals surface area contributed by atoms with Crippen LogP contribution in [0.5, 0.6) is 0 Å². The number of nitrogens with zero attached hydrogens (tertiary/aromatic N) is 3. The molecule has 5 heteroatoms. The van der Waals surface area contributed by atoms with Crippen molar-refractivity contribution in [2.75, 3.05) is 0 Å². The van der Waals surface area contributed by atoms with E-state index in [1.807, 2.05) is 30.3 Å². The number of benzene rings is 1. The monoisotopic (exact) mass is 327 g/mol. The first-order chi connectivity index (χ1) is 9.76. The molecule has 1 saturated carbocycles. The van der Waals surface area contributed by atoms with Crippen LogP contribution < -0.4 is 0 Å². The average Bonchev–Trinajstić information content (AvgIpc) is 3.09. The van der Waals surface area contributed by atoms with Crippen LogP contribution in [0.1, 0.15) is 24.4 Å². The summed E-state index contributed by atoms with van der Waals surface area (Å²) in [6, 6.07) is 12.1. The second-order valence-corrected chi connectivity index (χ2v) is 5.74. The predicted molar refractivity (Wildman–Crippen MR) is 78.1 cm³/mol. The predicted octanol–water partition coefficient (Wildman–Crippen LogP) is 4.27. The third-order valence-corrected chi connectivity index (χ3v) is 3.95. The Morgan fingerprint density at radius 3 is 2.80 bits per heavy atom. The van der Waals surface area contributed by atoms with Gasteiger partial charge in [0.1, 0.15) is 0 Å². The van der Waals surface area contributed by atoms with E-state index in [-0.39, 0.29) is 0 Å². The molecular formula is C15H10BrN3O. The van der Waals surface area contributed by atoms with Crippen LogP contribution >= 0.6 is 15.9 Å². The molecule has 0 radical (unpaired) electrons. The molecule has 0 spiro atoms. The normalized spacial score (nSPS) is 14.6. The summed E-state index contributed by atoms with van der Waals surface area (Å²) in [6.07, 6.45) is 2.33. The van der Waals surface area contributed by atoms with Crippen molar-refractivity contribution in [2.24, 2.45) is 0 Å². The number of nitriles is 1. The number of aromatic nitrogens is 2. The summed E-state index contributed by atoms with van der Waals surface area (Å²) in [6.45, 7) is 0. The fourth-order valence-electron chi connectivity index (χ4n) is 2.48. The van der Waals surface area contributed by atoms with Crippen molar-refractivity contribution in [2.45, 2.75) is 18.9 Å². The van der Waals surface area contributed by atoms with E-state index in [9.17, 15) is 0 Å². The van der Waals surface area contributed by atoms with E-state index in [2.05, 4.69) is 31.6 Å². The van der Waals surface area contributed by atoms with Gasteiger partial charge in [-0.1, -0.05) is 0 Å². The Kier molecular flexibility index (Phi) is 2.48. The summed E-state index contributed by atoms with van der Waals surface area (Å²) in [7, 11) is 0. The molecule has 2 heterocycles. The highest BCUT2D eigenvalue weighted by atomic mass is 79.9. The van der Waals surface area contributed by atoms with Crippen LogP contribution in [0.4, 0.5) is 0 Å². The number of hydrogen-bond donors (Lipinski definition) is 0. The highest BCUT2D eigenvalue weighted by Gasteiger charge is 2.29. The number of imidazole rings is 1. The first kappa shape index (κ1) is 11.7. The molecule has 0 saturated heterocycles. The average molecular weight is 328 g/mol. The Hall–Kier alpha value is -2.06. The Bertz CT molecular complexity index is 852. The third-order valence-electron chi connectivity index (χ3n) is 3.52. The van der Waals surface area contributed by atoms with E-state index in [0.717, 1.165) is 22.6 Å². The summed E-state index contributed by atoms with van der Waals surface area (Å²) in [4.78, 5) is 4.66. The second-order valence-electron chi connectivity index (χ2n) is 4.96. The van der Waals surface area contributed by atoms with E-state index in [0.29, 0.717) is 16.3 Å². The van der Waals surface area contributed by atoms with Crippen molar-refractivity contribution in [1.29, 1.82) is 5.26 Å². The molecule has 0 bridgehead atoms. The van der Waals surface area contributed by atoms with Gasteiger partial charge >= 0.3 is 0 Å². The van der Waals surface area contributed by atoms with Gasteiger partial charge < -0.3 is 8.98 Å². The van der Waals surface area contributed by atoms with Crippen molar-refractivity contribution in [3.8, 4) is 17.7 Å². The number of hydrogen-bond acceptors (Lipinski definition) is 3. The van der Waals surface area contributed by atoms with Gasteiger partial charge in [-0.05, 0) is 59.1 Å². The summed E-state index contributed by atoms with van der Waals surface area (Å²) < 4.78 is 8.56. The fourth-order valence-corrected chi connectivity index (χ4v) is 2.79. The molecule has 0 N–H and O–H groups in total. The third kappa shape index (κ3) is 1.76. The molecular weight excluding hydrogens is 318 g/mol. The summed E-state index contributed by atoms with van der Waals surface area (Å²) in [5.41, 5.74) is 2.54. The number of fused-ring (bicyclic) bond motifs is 1. The first-order valence-electron chi connectivity index (χ1n) is 6.44. The molecule has 2 aromatic heterocycles. The van der Waals surface area contributed by atoms with Gasteiger partial charge in [-0.15, -0.1) is 0 Å². The molecule has 4 nitrogen and oxygen atoms in total. The Balaban J connectivity index is 1.99. The van der Waals surface area contributed by atoms with Gasteiger partial charge in [0.25, 0.3) is 0 Å². The minimum Gasteiger partial charge on any atom is -0.446 e. The Morgan fingerprint density at radius 2 is 2.15 bits per heavy atom. The van der Waals surface area contributed by atoms with E-state index in [4.69, 9.17) is 9.68 Å². The molecule has 3 aromatic rings. The number of furan rings is 1. The molecule has 0 aliphatic heterocycles. The summed E-state index contributed by atoms with van der Waals surface area (Å²) in [5.74, 6) is 1.58. The van der Waals surface area contributed by atoms with Gasteiger partial charge in [0, 0.05) is 6.04 Å². The lowest BCUT2D eigenvalue weighted by atomic mass is 10.2. The molecule has 1 aliphatic rings. The van der Waals surface area contributed by atoms with Crippen LogP contribution in [0.25, 0.3) is 22.6 Å². The van der Waals surface area contributed by atoms with E-state index in [1.54, 1.807) is 0 Å². The van der Waals surface area contributed by atoms with Crippen molar-refractivity contribution in [3.05, 3.63) is 40.6 Å². The zero-order chi connectivity index (χ0) is 13.7. The van der Waals surface area contributed by atoms with E-state index < -0.39 is 0 Å². The molecule has 4 rings (SSSR count). The maximum atomic E-state index is 9.01. The van der Waals surface area contributed by atoms with Crippen molar-refractivity contribution in [3.63, 3.8) is 0 Å². The van der Waals surface area contributed by atoms with Crippen LogP contribution in [0.2, 0.25) is 0 Å². The topological polar surface area (TPSA) is 54.8 Å². The van der Waals surface area contributed by atoms with Crippen molar-refractivity contribution < 1.29 is 4.42 Å². The minimum atomic E-state index is 0.492. The van der Waals surface area contributed by atoms with Gasteiger partial charge in [0.05, 0.1) is 22.7 Å². The fraction of sp³-hybridized carbons (Fsp3) is 0.200. The van der Waals surface area contributed by atoms with Crippen molar-refractivity contribution in [1.82, 2.24) is 9.55 Å². The summed E-state index contributed by atoms with van der Waals surface area (Å²) >= 11 is 3.33. The van der Waals surface area contributed by atoms with Crippen LogP contribution in [0.15, 0.2) is 39.4 Å². The van der Waals surface area contributed by atoms with Gasteiger partial charge in [-0.25, -0.2) is 4.98 Å². The highest BCUT2D eigenvalue weighted by Crippen LogP contribution is 2.41. The second kappa shape index (κ2) is 4.22. The maximum absolute atomic E-state index is 9.01. The lowest BCUT2D eigenvalue weighted by Crippen LogP contribution is -1.96. The lowest BCUT2D eigenvalue weighted by molar-refractivity contribution is 0.546. The van der Waals surface area contributed by atoms with Crippen molar-refractivity contribution >= 4 is 27.0 Å². The first-order valence-corrected chi connectivity index (χ1v) is 7.23. The molecule has 0 unspecified atom stereocenters. The lowest BCUT2D eigenvalue weighted by Gasteiger charge is -2.05. The quantitative estimate of drug-likeness (QED) is 0.706. The molecule has 0 atom stereocenters. The van der Waals surface area contributed by atoms with Gasteiger partial charge in [0.2, 0.25) is 0 Å². The zero-order valence-electron chi connectivity index (χ0n) is 10.5.